The first kappa shape index (κ1) is 16.9. The molecule has 2 aliphatic heterocycles. The lowest BCUT2D eigenvalue weighted by Gasteiger charge is -2.42. The third-order valence-electron chi connectivity index (χ3n) is 4.43. The molecular formula is C20H18O6. The first-order valence-corrected chi connectivity index (χ1v) is 8.45. The second kappa shape index (κ2) is 7.37. The molecule has 0 N–H and O–H groups in total. The van der Waals surface area contributed by atoms with Gasteiger partial charge in [-0.3, -0.25) is 4.79 Å². The van der Waals surface area contributed by atoms with E-state index in [1.807, 2.05) is 30.3 Å². The first-order chi connectivity index (χ1) is 12.7. The van der Waals surface area contributed by atoms with Crippen molar-refractivity contribution in [3.05, 3.63) is 71.8 Å². The molecule has 2 heterocycles. The topological polar surface area (TPSA) is 71.1 Å². The molecular weight excluding hydrogens is 336 g/mol. The molecule has 6 nitrogen and oxygen atoms in total. The van der Waals surface area contributed by atoms with Crippen LogP contribution in [0.3, 0.4) is 0 Å². The molecule has 2 aromatic carbocycles. The van der Waals surface area contributed by atoms with Crippen LogP contribution in [-0.4, -0.2) is 43.3 Å². The average Bonchev–Trinajstić information content (AvgIpc) is 2.71. The zero-order chi connectivity index (χ0) is 17.9. The van der Waals surface area contributed by atoms with Crippen LogP contribution in [0, 0.1) is 0 Å². The molecule has 2 aliphatic rings. The van der Waals surface area contributed by atoms with Crippen LogP contribution in [0.4, 0.5) is 0 Å². The minimum absolute atomic E-state index is 0.128. The Labute approximate surface area is 150 Å². The van der Waals surface area contributed by atoms with Gasteiger partial charge in [0.15, 0.2) is 12.4 Å². The van der Waals surface area contributed by atoms with Crippen molar-refractivity contribution in [2.75, 3.05) is 13.2 Å². The van der Waals surface area contributed by atoms with E-state index < -0.39 is 30.6 Å². The number of rotatable bonds is 3. The van der Waals surface area contributed by atoms with Crippen molar-refractivity contribution in [2.24, 2.45) is 0 Å². The fourth-order valence-electron chi connectivity index (χ4n) is 3.09. The van der Waals surface area contributed by atoms with Gasteiger partial charge in [0, 0.05) is 5.56 Å². The Hall–Kier alpha value is -2.54. The number of carbonyl (C=O) groups is 2. The second-order valence-electron chi connectivity index (χ2n) is 6.18. The number of Topliss-reactive ketones (excluding diaryl/α,β-unsaturated/α-hetero) is 1. The van der Waals surface area contributed by atoms with Gasteiger partial charge in [-0.15, -0.1) is 0 Å². The minimum Gasteiger partial charge on any atom is -0.448 e. The fraction of sp³-hybridized carbons (Fsp3) is 0.300. The monoisotopic (exact) mass is 354 g/mol. The number of ketones is 1. The molecule has 0 saturated carbocycles. The predicted molar refractivity (Wildman–Crippen MR) is 90.4 cm³/mol. The number of carbonyl (C=O) groups excluding carboxylic acids is 2. The Morgan fingerprint density at radius 3 is 2.38 bits per heavy atom. The van der Waals surface area contributed by atoms with Crippen LogP contribution in [-0.2, 0) is 23.7 Å². The van der Waals surface area contributed by atoms with Gasteiger partial charge in [-0.25, -0.2) is 4.79 Å². The van der Waals surface area contributed by atoms with E-state index in [-0.39, 0.29) is 19.0 Å². The number of ether oxygens (including phenoxy) is 4. The van der Waals surface area contributed by atoms with E-state index in [1.165, 1.54) is 0 Å². The molecule has 26 heavy (non-hydrogen) atoms. The highest BCUT2D eigenvalue weighted by Crippen LogP contribution is 2.32. The van der Waals surface area contributed by atoms with Crippen LogP contribution < -0.4 is 0 Å². The molecule has 4 rings (SSSR count). The molecule has 134 valence electrons. The summed E-state index contributed by atoms with van der Waals surface area (Å²) in [5.74, 6) is -0.875. The third kappa shape index (κ3) is 3.39. The Morgan fingerprint density at radius 1 is 0.962 bits per heavy atom. The number of esters is 1. The molecule has 2 saturated heterocycles. The van der Waals surface area contributed by atoms with Gasteiger partial charge >= 0.3 is 5.97 Å². The maximum absolute atomic E-state index is 12.4. The summed E-state index contributed by atoms with van der Waals surface area (Å²) in [4.78, 5) is 24.7. The summed E-state index contributed by atoms with van der Waals surface area (Å²) in [5.41, 5.74) is 1.21. The van der Waals surface area contributed by atoms with Gasteiger partial charge in [-0.2, -0.15) is 0 Å². The summed E-state index contributed by atoms with van der Waals surface area (Å²) in [6.45, 7) is 0.132. The molecule has 6 heteroatoms. The van der Waals surface area contributed by atoms with E-state index in [1.54, 1.807) is 30.3 Å². The number of hydrogen-bond donors (Lipinski definition) is 0. The highest BCUT2D eigenvalue weighted by molar-refractivity contribution is 5.93. The average molecular weight is 354 g/mol. The summed E-state index contributed by atoms with van der Waals surface area (Å²) >= 11 is 0. The summed E-state index contributed by atoms with van der Waals surface area (Å²) in [6, 6.07) is 18.0. The third-order valence-corrected chi connectivity index (χ3v) is 4.43. The molecule has 0 aliphatic carbocycles. The van der Waals surface area contributed by atoms with Crippen molar-refractivity contribution >= 4 is 11.8 Å². The highest BCUT2D eigenvalue weighted by atomic mass is 16.7. The van der Waals surface area contributed by atoms with Gasteiger partial charge < -0.3 is 18.9 Å². The maximum atomic E-state index is 12.4. The Kier molecular flexibility index (Phi) is 4.79. The van der Waals surface area contributed by atoms with Gasteiger partial charge in [0.05, 0.1) is 12.2 Å². The fourth-order valence-corrected chi connectivity index (χ4v) is 3.09. The lowest BCUT2D eigenvalue weighted by atomic mass is 9.99. The zero-order valence-corrected chi connectivity index (χ0v) is 13.9. The number of fused-ring (bicyclic) bond motifs is 1. The molecule has 2 aromatic rings. The van der Waals surface area contributed by atoms with E-state index in [0.29, 0.717) is 5.56 Å². The SMILES string of the molecule is O=C(O[C@@H]1C(=O)CO[C@@H]2CO[C@@H](c3ccccc3)O[C@H]12)c1ccccc1. The normalized spacial score (nSPS) is 28.2. The van der Waals surface area contributed by atoms with E-state index in [2.05, 4.69) is 0 Å². The van der Waals surface area contributed by atoms with Crippen molar-refractivity contribution < 1.29 is 28.5 Å². The summed E-state index contributed by atoms with van der Waals surface area (Å²) < 4.78 is 22.7. The van der Waals surface area contributed by atoms with Gasteiger partial charge in [0.2, 0.25) is 5.78 Å². The quantitative estimate of drug-likeness (QED) is 0.788. The van der Waals surface area contributed by atoms with Gasteiger partial charge in [-0.05, 0) is 12.1 Å². The van der Waals surface area contributed by atoms with Crippen molar-refractivity contribution in [2.45, 2.75) is 24.6 Å². The number of hydrogen-bond acceptors (Lipinski definition) is 6. The summed E-state index contributed by atoms with van der Waals surface area (Å²) in [5, 5.41) is 0. The van der Waals surface area contributed by atoms with Crippen molar-refractivity contribution in [3.8, 4) is 0 Å². The van der Waals surface area contributed by atoms with Crippen molar-refractivity contribution in [3.63, 3.8) is 0 Å². The van der Waals surface area contributed by atoms with E-state index in [4.69, 9.17) is 18.9 Å². The van der Waals surface area contributed by atoms with Gasteiger partial charge in [0.1, 0.15) is 18.8 Å². The van der Waals surface area contributed by atoms with Crippen LogP contribution in [0.15, 0.2) is 60.7 Å². The lowest BCUT2D eigenvalue weighted by Crippen LogP contribution is -2.57. The van der Waals surface area contributed by atoms with Crippen LogP contribution in [0.2, 0.25) is 0 Å². The molecule has 0 unspecified atom stereocenters. The lowest BCUT2D eigenvalue weighted by molar-refractivity contribution is -0.289. The summed E-state index contributed by atoms with van der Waals surface area (Å²) in [6.07, 6.45) is -2.81. The standard InChI is InChI=1S/C20H18O6/c21-15-11-23-16-12-24-20(14-9-5-2-6-10-14)26-18(16)17(15)25-19(22)13-7-3-1-4-8-13/h1-10,16-18,20H,11-12H2/t16-,17-,18+,20-/m1/s1. The van der Waals surface area contributed by atoms with Crippen LogP contribution in [0.5, 0.6) is 0 Å². The first-order valence-electron chi connectivity index (χ1n) is 8.45. The molecule has 0 radical (unpaired) electrons. The summed E-state index contributed by atoms with van der Waals surface area (Å²) in [7, 11) is 0. The van der Waals surface area contributed by atoms with E-state index in [0.717, 1.165) is 5.56 Å². The van der Waals surface area contributed by atoms with Crippen LogP contribution in [0.25, 0.3) is 0 Å². The highest BCUT2D eigenvalue weighted by Gasteiger charge is 2.47. The Morgan fingerprint density at radius 2 is 1.65 bits per heavy atom. The van der Waals surface area contributed by atoms with Crippen LogP contribution >= 0.6 is 0 Å². The van der Waals surface area contributed by atoms with Gasteiger partial charge in [0.25, 0.3) is 0 Å². The smallest absolute Gasteiger partial charge is 0.338 e. The molecule has 4 atom stereocenters. The Bertz CT molecular complexity index is 775. The molecule has 0 amide bonds. The second-order valence-corrected chi connectivity index (χ2v) is 6.18. The predicted octanol–water partition coefficient (Wildman–Crippen LogP) is 2.29. The van der Waals surface area contributed by atoms with E-state index in [9.17, 15) is 9.59 Å². The van der Waals surface area contributed by atoms with Crippen molar-refractivity contribution in [1.29, 1.82) is 0 Å². The maximum Gasteiger partial charge on any atom is 0.338 e. The minimum atomic E-state index is -1.02. The molecule has 0 spiro atoms. The van der Waals surface area contributed by atoms with E-state index >= 15 is 0 Å². The molecule has 0 bridgehead atoms. The van der Waals surface area contributed by atoms with Crippen LogP contribution in [0.1, 0.15) is 22.2 Å². The molecule has 2 fully saturated rings. The number of benzene rings is 2. The zero-order valence-electron chi connectivity index (χ0n) is 13.9. The molecule has 0 aromatic heterocycles. The Balaban J connectivity index is 1.53. The van der Waals surface area contributed by atoms with Crippen molar-refractivity contribution in [1.82, 2.24) is 0 Å². The van der Waals surface area contributed by atoms with Gasteiger partial charge in [-0.1, -0.05) is 48.5 Å². The largest absolute Gasteiger partial charge is 0.448 e.